The molecule has 3 rings (SSSR count). The fraction of sp³-hybridized carbons (Fsp3) is 0.385. The molecule has 18 heavy (non-hydrogen) atoms. The van der Waals surface area contributed by atoms with Crippen molar-refractivity contribution in [2.75, 3.05) is 24.6 Å². The van der Waals surface area contributed by atoms with Gasteiger partial charge in [-0.3, -0.25) is 0 Å². The minimum absolute atomic E-state index is 0.341. The van der Waals surface area contributed by atoms with Crippen LogP contribution in [0.1, 0.15) is 4.88 Å². The molecule has 1 fully saturated rings. The number of quaternary nitrogens is 1. The lowest BCUT2D eigenvalue weighted by Gasteiger charge is -2.22. The van der Waals surface area contributed by atoms with Crippen molar-refractivity contribution in [3.63, 3.8) is 0 Å². The summed E-state index contributed by atoms with van der Waals surface area (Å²) in [7, 11) is -2.75. The maximum absolute atomic E-state index is 11.4. The van der Waals surface area contributed by atoms with E-state index < -0.39 is 9.84 Å². The van der Waals surface area contributed by atoms with Gasteiger partial charge < -0.3 is 4.90 Å². The number of sulfone groups is 1. The Hall–Kier alpha value is -0.910. The van der Waals surface area contributed by atoms with Crippen LogP contribution >= 0.6 is 11.3 Å². The van der Waals surface area contributed by atoms with Gasteiger partial charge >= 0.3 is 0 Å². The summed E-state index contributed by atoms with van der Waals surface area (Å²) >= 11 is 1.82. The summed E-state index contributed by atoms with van der Waals surface area (Å²) in [5, 5.41) is 1.29. The second kappa shape index (κ2) is 4.64. The van der Waals surface area contributed by atoms with E-state index in [4.69, 9.17) is 0 Å². The van der Waals surface area contributed by atoms with Crippen LogP contribution in [0, 0.1) is 0 Å². The van der Waals surface area contributed by atoms with Crippen LogP contribution in [0.2, 0.25) is 0 Å². The van der Waals surface area contributed by atoms with E-state index in [0.717, 1.165) is 19.6 Å². The summed E-state index contributed by atoms with van der Waals surface area (Å²) in [5.41, 5.74) is 0. The molecule has 0 bridgehead atoms. The number of hydrogen-bond acceptors (Lipinski definition) is 3. The third kappa shape index (κ3) is 2.58. The smallest absolute Gasteiger partial charge is 0.161 e. The minimum Gasteiger partial charge on any atom is -0.329 e. The van der Waals surface area contributed by atoms with E-state index in [1.807, 2.05) is 11.3 Å². The van der Waals surface area contributed by atoms with E-state index in [1.54, 1.807) is 0 Å². The first kappa shape index (κ1) is 12.1. The molecule has 1 aromatic carbocycles. The van der Waals surface area contributed by atoms with Gasteiger partial charge in [-0.15, -0.1) is 11.3 Å². The molecule has 2 aromatic rings. The van der Waals surface area contributed by atoms with Crippen LogP contribution in [0.3, 0.4) is 0 Å². The second-order valence-electron chi connectivity index (χ2n) is 4.83. The van der Waals surface area contributed by atoms with Crippen LogP contribution in [-0.2, 0) is 16.4 Å². The van der Waals surface area contributed by atoms with E-state index >= 15 is 0 Å². The molecule has 1 aliphatic rings. The summed E-state index contributed by atoms with van der Waals surface area (Å²) in [6.07, 6.45) is 0. The second-order valence-corrected chi connectivity index (χ2v) is 8.30. The van der Waals surface area contributed by atoms with Gasteiger partial charge in [0.05, 0.1) is 29.5 Å². The molecule has 1 N–H and O–H groups in total. The summed E-state index contributed by atoms with van der Waals surface area (Å²) in [4.78, 5) is 2.74. The van der Waals surface area contributed by atoms with Crippen LogP contribution in [0.4, 0.5) is 0 Å². The number of nitrogens with one attached hydrogen (secondary N) is 1. The molecule has 0 atom stereocenters. The van der Waals surface area contributed by atoms with E-state index in [1.165, 1.54) is 19.9 Å². The zero-order valence-electron chi connectivity index (χ0n) is 10.1. The van der Waals surface area contributed by atoms with Crippen molar-refractivity contribution < 1.29 is 13.3 Å². The van der Waals surface area contributed by atoms with E-state index in [9.17, 15) is 8.42 Å². The summed E-state index contributed by atoms with van der Waals surface area (Å²) in [5.74, 6) is 0.681. The highest BCUT2D eigenvalue weighted by molar-refractivity contribution is 7.91. The first-order chi connectivity index (χ1) is 8.62. The van der Waals surface area contributed by atoms with Crippen molar-refractivity contribution in [1.82, 2.24) is 0 Å². The number of thiophene rings is 1. The maximum Gasteiger partial charge on any atom is 0.161 e. The van der Waals surface area contributed by atoms with Gasteiger partial charge in [0.15, 0.2) is 9.84 Å². The highest BCUT2D eigenvalue weighted by Crippen LogP contribution is 2.24. The minimum atomic E-state index is -2.75. The van der Waals surface area contributed by atoms with Crippen molar-refractivity contribution in [3.05, 3.63) is 35.2 Å². The van der Waals surface area contributed by atoms with Crippen molar-refractivity contribution in [2.24, 2.45) is 0 Å². The van der Waals surface area contributed by atoms with Crippen molar-refractivity contribution >= 4 is 31.3 Å². The predicted molar refractivity (Wildman–Crippen MR) is 74.9 cm³/mol. The SMILES string of the molecule is O=S1(=O)CC[NH+](Cc2cc3ccccc3s2)CC1. The van der Waals surface area contributed by atoms with Crippen LogP contribution in [0.25, 0.3) is 10.1 Å². The molecule has 0 unspecified atom stereocenters. The molecule has 1 saturated heterocycles. The largest absolute Gasteiger partial charge is 0.329 e. The Balaban J connectivity index is 1.73. The number of benzene rings is 1. The van der Waals surface area contributed by atoms with Gasteiger partial charge in [0.25, 0.3) is 0 Å². The average molecular weight is 282 g/mol. The first-order valence-electron chi connectivity index (χ1n) is 6.14. The first-order valence-corrected chi connectivity index (χ1v) is 8.78. The van der Waals surface area contributed by atoms with Gasteiger partial charge in [-0.2, -0.15) is 0 Å². The highest BCUT2D eigenvalue weighted by atomic mass is 32.2. The Kier molecular flexibility index (Phi) is 3.13. The maximum atomic E-state index is 11.4. The molecule has 0 aliphatic carbocycles. The lowest BCUT2D eigenvalue weighted by molar-refractivity contribution is -0.910. The summed E-state index contributed by atoms with van der Waals surface area (Å²) < 4.78 is 24.1. The lowest BCUT2D eigenvalue weighted by Crippen LogP contribution is -3.13. The molecule has 96 valence electrons. The zero-order valence-corrected chi connectivity index (χ0v) is 11.7. The third-order valence-corrected chi connectivity index (χ3v) is 6.20. The van der Waals surface area contributed by atoms with E-state index in [2.05, 4.69) is 30.3 Å². The lowest BCUT2D eigenvalue weighted by atomic mass is 10.2. The monoisotopic (exact) mass is 282 g/mol. The third-order valence-electron chi connectivity index (χ3n) is 3.43. The zero-order chi connectivity index (χ0) is 12.6. The highest BCUT2D eigenvalue weighted by Gasteiger charge is 2.24. The molecule has 2 heterocycles. The topological polar surface area (TPSA) is 38.6 Å². The molecule has 3 nitrogen and oxygen atoms in total. The van der Waals surface area contributed by atoms with Crippen LogP contribution in [-0.4, -0.2) is 33.0 Å². The van der Waals surface area contributed by atoms with Crippen LogP contribution in [0.5, 0.6) is 0 Å². The average Bonchev–Trinajstić information content (AvgIpc) is 2.74. The van der Waals surface area contributed by atoms with Gasteiger partial charge in [-0.05, 0) is 17.5 Å². The number of fused-ring (bicyclic) bond motifs is 1. The van der Waals surface area contributed by atoms with Crippen LogP contribution < -0.4 is 4.90 Å². The Morgan fingerprint density at radius 3 is 2.61 bits per heavy atom. The molecule has 0 radical (unpaired) electrons. The Morgan fingerprint density at radius 1 is 1.17 bits per heavy atom. The quantitative estimate of drug-likeness (QED) is 0.881. The summed E-state index contributed by atoms with van der Waals surface area (Å²) in [6, 6.07) is 10.6. The fourth-order valence-corrected chi connectivity index (χ4v) is 4.91. The Bertz CT molecular complexity index is 613. The predicted octanol–water partition coefficient (Wildman–Crippen LogP) is 0.715. The van der Waals surface area contributed by atoms with E-state index in [0.29, 0.717) is 11.5 Å². The number of hydrogen-bond donors (Lipinski definition) is 1. The van der Waals surface area contributed by atoms with Crippen molar-refractivity contribution in [3.8, 4) is 0 Å². The Labute approximate surface area is 111 Å². The van der Waals surface area contributed by atoms with Crippen molar-refractivity contribution in [2.45, 2.75) is 6.54 Å². The Morgan fingerprint density at radius 2 is 1.89 bits per heavy atom. The number of rotatable bonds is 2. The molecule has 5 heteroatoms. The summed E-state index contributed by atoms with van der Waals surface area (Å²) in [6.45, 7) is 2.45. The van der Waals surface area contributed by atoms with Gasteiger partial charge in [-0.1, -0.05) is 18.2 Å². The normalized spacial score (nSPS) is 20.2. The molecule has 1 aliphatic heterocycles. The van der Waals surface area contributed by atoms with Gasteiger partial charge in [0.1, 0.15) is 6.54 Å². The van der Waals surface area contributed by atoms with Gasteiger partial charge in [-0.25, -0.2) is 8.42 Å². The van der Waals surface area contributed by atoms with Gasteiger partial charge in [0.2, 0.25) is 0 Å². The van der Waals surface area contributed by atoms with Crippen molar-refractivity contribution in [1.29, 1.82) is 0 Å². The molecular formula is C13H16NO2S2+. The molecule has 0 amide bonds. The van der Waals surface area contributed by atoms with E-state index in [-0.39, 0.29) is 0 Å². The molecule has 0 saturated carbocycles. The molecule has 0 spiro atoms. The van der Waals surface area contributed by atoms with Crippen LogP contribution in [0.15, 0.2) is 30.3 Å². The molecular weight excluding hydrogens is 266 g/mol. The fourth-order valence-electron chi connectivity index (χ4n) is 2.37. The standard InChI is InChI=1S/C13H15NO2S2/c15-18(16)7-5-14(6-8-18)10-12-9-11-3-1-2-4-13(11)17-12/h1-4,9H,5-8,10H2/p+1. The molecule has 1 aromatic heterocycles. The van der Waals surface area contributed by atoms with Gasteiger partial charge in [0, 0.05) is 4.70 Å².